The predicted octanol–water partition coefficient (Wildman–Crippen LogP) is 1.43. The Bertz CT molecular complexity index is 683. The van der Waals surface area contributed by atoms with Gasteiger partial charge in [-0.05, 0) is 26.2 Å². The summed E-state index contributed by atoms with van der Waals surface area (Å²) in [5.41, 5.74) is 0.0395. The minimum atomic E-state index is -0.544. The number of morpholine rings is 1. The fraction of sp³-hybridized carbons (Fsp3) is 0.500. The van der Waals surface area contributed by atoms with Gasteiger partial charge in [0.25, 0.3) is 5.91 Å². The molecule has 1 aliphatic heterocycles. The predicted molar refractivity (Wildman–Crippen MR) is 106 cm³/mol. The van der Waals surface area contributed by atoms with Crippen molar-refractivity contribution in [2.45, 2.75) is 6.10 Å². The summed E-state index contributed by atoms with van der Waals surface area (Å²) in [6, 6.07) is 5.77. The molecule has 1 aromatic rings. The average Bonchev–Trinajstić information content (AvgIpc) is 2.69. The third-order valence-corrected chi connectivity index (χ3v) is 4.46. The minimum Gasteiger partial charge on any atom is -0.373 e. The van der Waals surface area contributed by atoms with Crippen LogP contribution in [0.5, 0.6) is 0 Å². The van der Waals surface area contributed by atoms with E-state index in [0.717, 1.165) is 0 Å². The van der Waals surface area contributed by atoms with Crippen LogP contribution in [-0.4, -0.2) is 92.7 Å². The fourth-order valence-corrected chi connectivity index (χ4v) is 2.93. The highest BCUT2D eigenvalue weighted by atomic mass is 19.1. The monoisotopic (exact) mass is 392 g/mol. The number of urea groups is 1. The van der Waals surface area contributed by atoms with Gasteiger partial charge in [-0.25, -0.2) is 9.18 Å². The highest BCUT2D eigenvalue weighted by molar-refractivity contribution is 5.94. The number of halogens is 1. The molecule has 1 saturated heterocycles. The lowest BCUT2D eigenvalue weighted by atomic mass is 10.1. The van der Waals surface area contributed by atoms with E-state index in [1.165, 1.54) is 12.1 Å². The van der Waals surface area contributed by atoms with Gasteiger partial charge < -0.3 is 24.8 Å². The maximum absolute atomic E-state index is 14.1. The van der Waals surface area contributed by atoms with Crippen molar-refractivity contribution in [1.29, 1.82) is 0 Å². The van der Waals surface area contributed by atoms with Crippen LogP contribution in [0.4, 0.5) is 9.18 Å². The first kappa shape index (κ1) is 21.8. The van der Waals surface area contributed by atoms with Gasteiger partial charge in [-0.1, -0.05) is 18.2 Å². The minimum absolute atomic E-state index is 0.0395. The van der Waals surface area contributed by atoms with Crippen LogP contribution < -0.4 is 5.32 Å². The number of hydrogen-bond acceptors (Lipinski definition) is 4. The smallest absolute Gasteiger partial charge is 0.317 e. The zero-order valence-corrected chi connectivity index (χ0v) is 16.6. The first-order valence-electron chi connectivity index (χ1n) is 9.36. The Kier molecular flexibility index (Phi) is 8.41. The van der Waals surface area contributed by atoms with Gasteiger partial charge in [0.15, 0.2) is 0 Å². The largest absolute Gasteiger partial charge is 0.373 e. The van der Waals surface area contributed by atoms with Gasteiger partial charge in [0.05, 0.1) is 24.8 Å². The van der Waals surface area contributed by atoms with Crippen LogP contribution in [-0.2, 0) is 4.74 Å². The highest BCUT2D eigenvalue weighted by Gasteiger charge is 2.28. The van der Waals surface area contributed by atoms with Crippen LogP contribution in [0, 0.1) is 5.82 Å². The van der Waals surface area contributed by atoms with Gasteiger partial charge in [0.2, 0.25) is 0 Å². The van der Waals surface area contributed by atoms with E-state index >= 15 is 0 Å². The number of benzene rings is 1. The molecule has 2 rings (SSSR count). The quantitative estimate of drug-likeness (QED) is 0.680. The third-order valence-electron chi connectivity index (χ3n) is 4.46. The van der Waals surface area contributed by atoms with Crippen molar-refractivity contribution in [1.82, 2.24) is 20.0 Å². The van der Waals surface area contributed by atoms with Gasteiger partial charge in [-0.3, -0.25) is 4.79 Å². The number of nitrogens with one attached hydrogen (secondary N) is 1. The molecule has 28 heavy (non-hydrogen) atoms. The number of carbonyl (C=O) groups excluding carboxylic acids is 2. The summed E-state index contributed by atoms with van der Waals surface area (Å²) in [6.45, 7) is 6.57. The van der Waals surface area contributed by atoms with E-state index < -0.39 is 5.82 Å². The molecule has 1 fully saturated rings. The molecule has 7 nitrogen and oxygen atoms in total. The maximum atomic E-state index is 14.1. The molecule has 1 N–H and O–H groups in total. The van der Waals surface area contributed by atoms with E-state index in [-0.39, 0.29) is 30.2 Å². The number of carbonyl (C=O) groups is 2. The van der Waals surface area contributed by atoms with Gasteiger partial charge in [-0.15, -0.1) is 6.58 Å². The van der Waals surface area contributed by atoms with Crippen molar-refractivity contribution in [3.63, 3.8) is 0 Å². The van der Waals surface area contributed by atoms with Crippen LogP contribution in [0.2, 0.25) is 0 Å². The summed E-state index contributed by atoms with van der Waals surface area (Å²) in [5.74, 6) is -0.922. The van der Waals surface area contributed by atoms with E-state index in [1.54, 1.807) is 28.0 Å². The molecule has 1 aliphatic rings. The molecule has 0 spiro atoms. The Morgan fingerprint density at radius 3 is 2.79 bits per heavy atom. The normalized spacial score (nSPS) is 16.7. The molecule has 0 aromatic heterocycles. The Balaban J connectivity index is 2.07. The Morgan fingerprint density at radius 2 is 2.11 bits per heavy atom. The highest BCUT2D eigenvalue weighted by Crippen LogP contribution is 2.13. The summed E-state index contributed by atoms with van der Waals surface area (Å²) < 4.78 is 19.9. The van der Waals surface area contributed by atoms with Crippen molar-refractivity contribution in [3.05, 3.63) is 48.3 Å². The molecule has 1 heterocycles. The molecule has 0 bridgehead atoms. The van der Waals surface area contributed by atoms with Gasteiger partial charge in [0, 0.05) is 32.7 Å². The topological polar surface area (TPSA) is 65.1 Å². The summed E-state index contributed by atoms with van der Waals surface area (Å²) in [4.78, 5) is 30.3. The van der Waals surface area contributed by atoms with Crippen molar-refractivity contribution >= 4 is 11.9 Å². The number of amides is 3. The van der Waals surface area contributed by atoms with E-state index in [1.807, 2.05) is 19.0 Å². The zero-order valence-electron chi connectivity index (χ0n) is 16.6. The van der Waals surface area contributed by atoms with Gasteiger partial charge >= 0.3 is 6.03 Å². The molecule has 1 unspecified atom stereocenters. The number of nitrogens with zero attached hydrogens (tertiary/aromatic N) is 3. The lowest BCUT2D eigenvalue weighted by molar-refractivity contribution is -0.0280. The fourth-order valence-electron chi connectivity index (χ4n) is 2.93. The SMILES string of the molecule is C=CCNC(=O)N1CCOC(CN(CCN(C)C)C(=O)c2ccccc2F)C1. The summed E-state index contributed by atoms with van der Waals surface area (Å²) in [6.07, 6.45) is 1.28. The molecule has 1 atom stereocenters. The molecule has 154 valence electrons. The lowest BCUT2D eigenvalue weighted by Crippen LogP contribution is -2.53. The van der Waals surface area contributed by atoms with E-state index in [9.17, 15) is 14.0 Å². The Labute approximate surface area is 165 Å². The van der Waals surface area contributed by atoms with Crippen LogP contribution in [0.1, 0.15) is 10.4 Å². The first-order valence-corrected chi connectivity index (χ1v) is 9.36. The van der Waals surface area contributed by atoms with Crippen molar-refractivity contribution in [2.24, 2.45) is 0 Å². The first-order chi connectivity index (χ1) is 13.4. The number of ether oxygens (including phenoxy) is 1. The second-order valence-electron chi connectivity index (χ2n) is 6.95. The van der Waals surface area contributed by atoms with E-state index in [4.69, 9.17) is 4.74 Å². The molecular formula is C20H29FN4O3. The molecule has 0 saturated carbocycles. The number of likely N-dealkylation sites (N-methyl/N-ethyl adjacent to an activating group) is 1. The standard InChI is InChI=1S/C20H29FN4O3/c1-4-9-22-20(27)25-12-13-28-16(15-25)14-24(11-10-23(2)3)19(26)17-7-5-6-8-18(17)21/h4-8,16H,1,9-15H2,2-3H3,(H,22,27). The summed E-state index contributed by atoms with van der Waals surface area (Å²) in [5, 5.41) is 2.75. The Hall–Kier alpha value is -2.45. The van der Waals surface area contributed by atoms with E-state index in [2.05, 4.69) is 11.9 Å². The second kappa shape index (κ2) is 10.8. The Morgan fingerprint density at radius 1 is 1.36 bits per heavy atom. The molecule has 3 amide bonds. The molecular weight excluding hydrogens is 363 g/mol. The lowest BCUT2D eigenvalue weighted by Gasteiger charge is -2.36. The van der Waals surface area contributed by atoms with Gasteiger partial charge in [-0.2, -0.15) is 0 Å². The average molecular weight is 392 g/mol. The van der Waals surface area contributed by atoms with Crippen LogP contribution in [0.25, 0.3) is 0 Å². The third kappa shape index (κ3) is 6.31. The molecule has 0 aliphatic carbocycles. The molecule has 1 aromatic carbocycles. The van der Waals surface area contributed by atoms with Crippen molar-refractivity contribution in [3.8, 4) is 0 Å². The second-order valence-corrected chi connectivity index (χ2v) is 6.95. The number of hydrogen-bond donors (Lipinski definition) is 1. The summed E-state index contributed by atoms with van der Waals surface area (Å²) >= 11 is 0. The summed E-state index contributed by atoms with van der Waals surface area (Å²) in [7, 11) is 3.82. The van der Waals surface area contributed by atoms with Crippen molar-refractivity contribution in [2.75, 3.05) is 60.0 Å². The van der Waals surface area contributed by atoms with E-state index in [0.29, 0.717) is 39.3 Å². The van der Waals surface area contributed by atoms with Crippen LogP contribution in [0.3, 0.4) is 0 Å². The maximum Gasteiger partial charge on any atom is 0.317 e. The zero-order chi connectivity index (χ0) is 20.5. The van der Waals surface area contributed by atoms with Crippen molar-refractivity contribution < 1.29 is 18.7 Å². The van der Waals surface area contributed by atoms with Crippen LogP contribution in [0.15, 0.2) is 36.9 Å². The molecule has 8 heteroatoms. The number of rotatable bonds is 8. The van der Waals surface area contributed by atoms with Gasteiger partial charge in [0.1, 0.15) is 5.82 Å². The molecule has 0 radical (unpaired) electrons. The van der Waals surface area contributed by atoms with Crippen LogP contribution >= 0.6 is 0 Å².